The number of benzene rings is 2. The molecule has 0 aliphatic heterocycles. The van der Waals surface area contributed by atoms with E-state index >= 15 is 0 Å². The van der Waals surface area contributed by atoms with Gasteiger partial charge in [-0.3, -0.25) is 9.20 Å². The van der Waals surface area contributed by atoms with Gasteiger partial charge in [0, 0.05) is 22.6 Å². The van der Waals surface area contributed by atoms with Crippen LogP contribution in [-0.2, 0) is 11.6 Å². The van der Waals surface area contributed by atoms with Gasteiger partial charge in [0.15, 0.2) is 0 Å². The van der Waals surface area contributed by atoms with Crippen LogP contribution in [0, 0.1) is 6.92 Å². The van der Waals surface area contributed by atoms with Crippen molar-refractivity contribution < 1.29 is 18.0 Å². The van der Waals surface area contributed by atoms with Crippen LogP contribution >= 0.6 is 11.3 Å². The van der Waals surface area contributed by atoms with Crippen LogP contribution in [-0.4, -0.2) is 20.3 Å². The Kier molecular flexibility index (Phi) is 6.37. The van der Waals surface area contributed by atoms with Gasteiger partial charge in [0.25, 0.3) is 5.91 Å². The Morgan fingerprint density at radius 3 is 2.45 bits per heavy atom. The number of carbonyl (C=O) groups is 1. The van der Waals surface area contributed by atoms with Crippen molar-refractivity contribution in [1.29, 1.82) is 0 Å². The largest absolute Gasteiger partial charge is 0.417 e. The number of aryl methyl sites for hydroxylation is 1. The zero-order valence-corrected chi connectivity index (χ0v) is 22.4. The van der Waals surface area contributed by atoms with Gasteiger partial charge in [-0.1, -0.05) is 37.1 Å². The quantitative estimate of drug-likeness (QED) is 0.218. The minimum atomic E-state index is -4.46. The van der Waals surface area contributed by atoms with E-state index in [1.54, 1.807) is 25.1 Å². The normalized spacial score (nSPS) is 15.0. The molecule has 6 rings (SSSR count). The highest BCUT2D eigenvalue weighted by atomic mass is 32.1. The van der Waals surface area contributed by atoms with Gasteiger partial charge >= 0.3 is 6.18 Å². The van der Waals surface area contributed by atoms with Crippen molar-refractivity contribution in [2.24, 2.45) is 0 Å². The molecule has 1 fully saturated rings. The minimum absolute atomic E-state index is 0.247. The molecule has 204 valence electrons. The predicted molar refractivity (Wildman–Crippen MR) is 151 cm³/mol. The molecular formula is C30H26F3N5OS. The van der Waals surface area contributed by atoms with Gasteiger partial charge in [-0.05, 0) is 61.7 Å². The fraction of sp³-hybridized carbons (Fsp3) is 0.233. The number of para-hydroxylation sites is 2. The smallest absolute Gasteiger partial charge is 0.397 e. The van der Waals surface area contributed by atoms with Gasteiger partial charge in [-0.25, -0.2) is 9.97 Å². The number of thiazole rings is 1. The molecule has 10 heteroatoms. The first kappa shape index (κ1) is 26.1. The van der Waals surface area contributed by atoms with Crippen LogP contribution in [0.25, 0.3) is 17.0 Å². The zero-order valence-electron chi connectivity index (χ0n) is 21.6. The molecule has 0 saturated heterocycles. The number of aromatic nitrogens is 3. The summed E-state index contributed by atoms with van der Waals surface area (Å²) >= 11 is 1.51. The maximum absolute atomic E-state index is 13.4. The Labute approximate surface area is 232 Å². The molecule has 3 N–H and O–H groups in total. The van der Waals surface area contributed by atoms with E-state index < -0.39 is 11.7 Å². The number of pyridine rings is 1. The molecule has 0 bridgehead atoms. The van der Waals surface area contributed by atoms with Gasteiger partial charge in [0.05, 0.1) is 28.3 Å². The first-order valence-corrected chi connectivity index (χ1v) is 13.8. The van der Waals surface area contributed by atoms with E-state index in [-0.39, 0.29) is 11.3 Å². The van der Waals surface area contributed by atoms with Crippen LogP contribution < -0.4 is 11.1 Å². The third-order valence-electron chi connectivity index (χ3n) is 7.64. The SMILES string of the molecule is Cc1nc2ccc(C(F)(F)F)cn2c1-c1csc(C2(c3ccc(C(=O)Nc4ccccc4N)cc3)CCCC2)n1. The first-order chi connectivity index (χ1) is 19.2. The van der Waals surface area contributed by atoms with Crippen molar-refractivity contribution in [3.8, 4) is 11.4 Å². The Morgan fingerprint density at radius 1 is 1.02 bits per heavy atom. The van der Waals surface area contributed by atoms with E-state index in [9.17, 15) is 18.0 Å². The summed E-state index contributed by atoms with van der Waals surface area (Å²) in [4.78, 5) is 22.3. The fourth-order valence-corrected chi connectivity index (χ4v) is 6.68. The van der Waals surface area contributed by atoms with E-state index in [2.05, 4.69) is 10.3 Å². The van der Waals surface area contributed by atoms with Crippen LogP contribution in [0.15, 0.2) is 72.2 Å². The Morgan fingerprint density at radius 2 is 1.75 bits per heavy atom. The van der Waals surface area contributed by atoms with Crippen molar-refractivity contribution in [1.82, 2.24) is 14.4 Å². The van der Waals surface area contributed by atoms with E-state index in [4.69, 9.17) is 10.7 Å². The molecule has 5 aromatic rings. The molecule has 1 aliphatic carbocycles. The maximum Gasteiger partial charge on any atom is 0.417 e. The highest BCUT2D eigenvalue weighted by molar-refractivity contribution is 7.10. The fourth-order valence-electron chi connectivity index (χ4n) is 5.59. The molecule has 1 amide bonds. The topological polar surface area (TPSA) is 85.3 Å². The average molecular weight is 562 g/mol. The van der Waals surface area contributed by atoms with Gasteiger partial charge in [0.2, 0.25) is 0 Å². The van der Waals surface area contributed by atoms with Crippen molar-refractivity contribution in [2.75, 3.05) is 11.1 Å². The third-order valence-corrected chi connectivity index (χ3v) is 8.69. The van der Waals surface area contributed by atoms with Crippen LogP contribution in [0.2, 0.25) is 0 Å². The van der Waals surface area contributed by atoms with E-state index in [1.165, 1.54) is 21.8 Å². The summed E-state index contributed by atoms with van der Waals surface area (Å²) in [5, 5.41) is 5.67. The minimum Gasteiger partial charge on any atom is -0.397 e. The molecule has 1 saturated carbocycles. The Hall–Kier alpha value is -4.18. The number of anilines is 2. The molecule has 40 heavy (non-hydrogen) atoms. The molecule has 0 radical (unpaired) electrons. The lowest BCUT2D eigenvalue weighted by molar-refractivity contribution is -0.137. The number of hydrogen-bond acceptors (Lipinski definition) is 5. The van der Waals surface area contributed by atoms with Crippen LogP contribution in [0.4, 0.5) is 24.5 Å². The second-order valence-corrected chi connectivity index (χ2v) is 11.0. The van der Waals surface area contributed by atoms with Gasteiger partial charge in [-0.2, -0.15) is 13.2 Å². The van der Waals surface area contributed by atoms with Crippen molar-refractivity contribution in [3.05, 3.63) is 99.6 Å². The van der Waals surface area contributed by atoms with E-state index in [1.807, 2.05) is 35.7 Å². The number of amides is 1. The number of nitrogens with zero attached hydrogens (tertiary/aromatic N) is 3. The number of nitrogen functional groups attached to an aromatic ring is 1. The third kappa shape index (κ3) is 4.52. The standard InChI is InChI=1S/C30H26F3N5OS/c1-18-26(38-16-21(30(31,32)33)12-13-25(38)35-18)24-17-40-28(37-24)29(14-4-5-15-29)20-10-8-19(9-11-20)27(39)36-23-7-3-2-6-22(23)34/h2-3,6-13,16-17H,4-5,14-15,34H2,1H3,(H,36,39). The Bertz CT molecular complexity index is 1720. The van der Waals surface area contributed by atoms with Crippen LogP contribution in [0.3, 0.4) is 0 Å². The zero-order chi connectivity index (χ0) is 28.1. The molecule has 2 aromatic carbocycles. The van der Waals surface area contributed by atoms with Gasteiger partial charge < -0.3 is 11.1 Å². The lowest BCUT2D eigenvalue weighted by atomic mass is 9.79. The molecule has 3 heterocycles. The summed E-state index contributed by atoms with van der Waals surface area (Å²) in [6.45, 7) is 1.78. The van der Waals surface area contributed by atoms with E-state index in [0.29, 0.717) is 39.7 Å². The number of nitrogens with one attached hydrogen (secondary N) is 1. The van der Waals surface area contributed by atoms with Crippen molar-refractivity contribution >= 4 is 34.3 Å². The summed E-state index contributed by atoms with van der Waals surface area (Å²) in [6.07, 6.45) is 0.498. The number of alkyl halides is 3. The average Bonchev–Trinajstić information content (AvgIpc) is 3.68. The lowest BCUT2D eigenvalue weighted by Crippen LogP contribution is -2.24. The van der Waals surface area contributed by atoms with Crippen LogP contribution in [0.5, 0.6) is 0 Å². The number of carbonyl (C=O) groups excluding carboxylic acids is 1. The van der Waals surface area contributed by atoms with Crippen molar-refractivity contribution in [3.63, 3.8) is 0 Å². The first-order valence-electron chi connectivity index (χ1n) is 12.9. The van der Waals surface area contributed by atoms with Gasteiger partial charge in [0.1, 0.15) is 16.3 Å². The molecule has 0 atom stereocenters. The summed E-state index contributed by atoms with van der Waals surface area (Å²) in [6, 6.07) is 17.1. The summed E-state index contributed by atoms with van der Waals surface area (Å²) in [5.41, 5.74) is 9.76. The number of halogens is 3. The maximum atomic E-state index is 13.4. The predicted octanol–water partition coefficient (Wildman–Crippen LogP) is 7.48. The number of fused-ring (bicyclic) bond motifs is 1. The number of imidazole rings is 1. The molecule has 0 unspecified atom stereocenters. The number of nitrogens with two attached hydrogens (primary N) is 1. The molecule has 3 aromatic heterocycles. The molecular weight excluding hydrogens is 535 g/mol. The second-order valence-electron chi connectivity index (χ2n) is 10.1. The monoisotopic (exact) mass is 561 g/mol. The van der Waals surface area contributed by atoms with Crippen molar-refractivity contribution in [2.45, 2.75) is 44.2 Å². The molecule has 6 nitrogen and oxygen atoms in total. The molecule has 0 spiro atoms. The number of rotatable bonds is 5. The van der Waals surface area contributed by atoms with E-state index in [0.717, 1.165) is 48.5 Å². The Balaban J connectivity index is 1.33. The van der Waals surface area contributed by atoms with Crippen LogP contribution in [0.1, 0.15) is 57.9 Å². The highest BCUT2D eigenvalue weighted by Crippen LogP contribution is 2.48. The lowest BCUT2D eigenvalue weighted by Gasteiger charge is -2.27. The summed E-state index contributed by atoms with van der Waals surface area (Å²) in [5.74, 6) is -0.247. The summed E-state index contributed by atoms with van der Waals surface area (Å²) < 4.78 is 41.8. The molecule has 1 aliphatic rings. The highest BCUT2D eigenvalue weighted by Gasteiger charge is 2.40. The summed E-state index contributed by atoms with van der Waals surface area (Å²) in [7, 11) is 0. The van der Waals surface area contributed by atoms with Gasteiger partial charge in [-0.15, -0.1) is 11.3 Å². The number of hydrogen-bond donors (Lipinski definition) is 2. The second kappa shape index (κ2) is 9.78.